The highest BCUT2D eigenvalue weighted by Crippen LogP contribution is 2.63. The average molecular weight is 902 g/mol. The average Bonchev–Trinajstić information content (AvgIpc) is 2.82. The molecule has 0 fully saturated rings. The molecule has 0 aromatic carbocycles. The highest BCUT2D eigenvalue weighted by Gasteiger charge is 2.93. The van der Waals surface area contributed by atoms with E-state index in [9.17, 15) is 149 Å². The van der Waals surface area contributed by atoms with E-state index in [0.717, 1.165) is 9.47 Å². The van der Waals surface area contributed by atoms with Gasteiger partial charge < -0.3 is 0 Å². The lowest BCUT2D eigenvalue weighted by molar-refractivity contribution is -0.598. The van der Waals surface area contributed by atoms with Crippen molar-refractivity contribution in [3.05, 3.63) is 0 Å². The van der Waals surface area contributed by atoms with E-state index >= 15 is 0 Å². The van der Waals surface area contributed by atoms with Crippen molar-refractivity contribution in [2.45, 2.75) is 96.8 Å². The summed E-state index contributed by atoms with van der Waals surface area (Å²) in [5.41, 5.74) is 0. The Labute approximate surface area is 266 Å². The molecule has 0 aliphatic rings. The SMILES string of the molecule is FC(F)(F)C(F)(F)C(F)(F)OC(F)(C(F)(F)F)C(F)(F)OC(F)(C(F)(F)F)C(F)(OC(F)(F)C(F)(OC(F)(F)C(F)(F)C(F)(F)F)C(F)(F)F)C(F)(F)F. The molecule has 0 aromatic heterocycles. The Balaban J connectivity index is 8.11. The van der Waals surface area contributed by atoms with Crippen LogP contribution in [-0.4, -0.2) is 96.8 Å². The van der Waals surface area contributed by atoms with Crippen LogP contribution in [0.15, 0.2) is 0 Å². The largest absolute Gasteiger partial charge is 0.462 e. The van der Waals surface area contributed by atoms with Crippen molar-refractivity contribution < 1.29 is 168 Å². The molecule has 4 atom stereocenters. The van der Waals surface area contributed by atoms with Crippen molar-refractivity contribution in [1.29, 1.82) is 0 Å². The van der Waals surface area contributed by atoms with Crippen LogP contribution in [-0.2, 0) is 18.9 Å². The normalized spacial score (nSPS) is 20.6. The molecule has 0 spiro atoms. The zero-order chi connectivity index (χ0) is 44.8. The van der Waals surface area contributed by atoms with Crippen LogP contribution in [0.2, 0.25) is 0 Å². The van der Waals surface area contributed by atoms with E-state index in [-0.39, 0.29) is 0 Å². The molecule has 54 heavy (non-hydrogen) atoms. The summed E-state index contributed by atoms with van der Waals surface area (Å²) in [6, 6.07) is 0. The highest BCUT2D eigenvalue weighted by atomic mass is 19.5. The number of hydrogen-bond donors (Lipinski definition) is 0. The third kappa shape index (κ3) is 8.00. The van der Waals surface area contributed by atoms with Crippen molar-refractivity contribution >= 4 is 0 Å². The molecule has 4 unspecified atom stereocenters. The van der Waals surface area contributed by atoms with E-state index in [1.165, 1.54) is 0 Å². The van der Waals surface area contributed by atoms with Crippen LogP contribution < -0.4 is 0 Å². The minimum Gasteiger partial charge on any atom is -0.265 e. The molecule has 0 bridgehead atoms. The Morgan fingerprint density at radius 2 is 0.315 bits per heavy atom. The van der Waals surface area contributed by atoms with Gasteiger partial charge in [0.05, 0.1) is 0 Å². The second-order valence-electron chi connectivity index (χ2n) is 8.99. The molecule has 0 aliphatic heterocycles. The Morgan fingerprint density at radius 3 is 0.444 bits per heavy atom. The minimum absolute atomic E-state index is 0.642. The summed E-state index contributed by atoms with van der Waals surface area (Å²) < 4.78 is 451. The van der Waals surface area contributed by atoms with E-state index in [1.807, 2.05) is 0 Å². The van der Waals surface area contributed by atoms with Crippen molar-refractivity contribution in [1.82, 2.24) is 0 Å². The van der Waals surface area contributed by atoms with Gasteiger partial charge in [-0.3, -0.25) is 18.9 Å². The second-order valence-corrected chi connectivity index (χ2v) is 8.99. The number of rotatable bonds is 13. The van der Waals surface area contributed by atoms with Gasteiger partial charge >= 0.3 is 96.8 Å². The number of halogens is 34. The van der Waals surface area contributed by atoms with Gasteiger partial charge in [0, 0.05) is 0 Å². The van der Waals surface area contributed by atoms with Crippen LogP contribution in [0, 0.1) is 0 Å². The lowest BCUT2D eigenvalue weighted by Gasteiger charge is -2.46. The van der Waals surface area contributed by atoms with E-state index in [4.69, 9.17) is 0 Å². The molecule has 38 heteroatoms. The van der Waals surface area contributed by atoms with E-state index < -0.39 is 96.8 Å². The third-order valence-electron chi connectivity index (χ3n) is 5.14. The van der Waals surface area contributed by atoms with E-state index in [0.29, 0.717) is 9.47 Å². The van der Waals surface area contributed by atoms with Gasteiger partial charge in [-0.25, -0.2) is 0 Å². The lowest BCUT2D eigenvalue weighted by Crippen LogP contribution is -2.75. The Kier molecular flexibility index (Phi) is 12.4. The molecular formula is C16F34O4. The standard InChI is InChI=1S/C16F34O4/c17-1(18,7(25,26)27)13(43,44)53-5(23,11(37,38)39)15(47,48)51-3(21,9(31,32)33)4(22,10(34,35)36)52-16(49,50)6(24,12(40,41)42)54-14(45,46)2(19,20)8(28,29)30. The van der Waals surface area contributed by atoms with Crippen molar-refractivity contribution in [3.8, 4) is 0 Å². The van der Waals surface area contributed by atoms with Gasteiger partial charge in [-0.05, 0) is 0 Å². The zero-order valence-electron chi connectivity index (χ0n) is 22.5. The van der Waals surface area contributed by atoms with Gasteiger partial charge in [-0.2, -0.15) is 149 Å². The predicted molar refractivity (Wildman–Crippen MR) is 85.7 cm³/mol. The lowest BCUT2D eigenvalue weighted by atomic mass is 10.1. The first-order chi connectivity index (χ1) is 22.6. The predicted octanol–water partition coefficient (Wildman–Crippen LogP) is 10.7. The molecule has 0 radical (unpaired) electrons. The first-order valence-corrected chi connectivity index (χ1v) is 10.8. The fourth-order valence-electron chi connectivity index (χ4n) is 2.47. The van der Waals surface area contributed by atoms with E-state index in [1.54, 1.807) is 0 Å². The number of ether oxygens (including phenoxy) is 4. The molecule has 0 aliphatic carbocycles. The van der Waals surface area contributed by atoms with Crippen LogP contribution >= 0.6 is 0 Å². The van der Waals surface area contributed by atoms with Gasteiger partial charge in [-0.15, -0.1) is 0 Å². The van der Waals surface area contributed by atoms with Crippen LogP contribution in [0.1, 0.15) is 0 Å². The van der Waals surface area contributed by atoms with Crippen molar-refractivity contribution in [3.63, 3.8) is 0 Å². The Bertz CT molecular complexity index is 1210. The van der Waals surface area contributed by atoms with Gasteiger partial charge in [0.15, 0.2) is 0 Å². The molecule has 0 rings (SSSR count). The maximum absolute atomic E-state index is 14.7. The maximum atomic E-state index is 14.7. The summed E-state index contributed by atoms with van der Waals surface area (Å²) in [7, 11) is 0. The molecule has 0 saturated carbocycles. The number of alkyl halides is 34. The fourth-order valence-corrected chi connectivity index (χ4v) is 2.47. The Morgan fingerprint density at radius 1 is 0.167 bits per heavy atom. The van der Waals surface area contributed by atoms with Crippen molar-refractivity contribution in [2.24, 2.45) is 0 Å². The summed E-state index contributed by atoms with van der Waals surface area (Å²) in [6.45, 7) is 0. The summed E-state index contributed by atoms with van der Waals surface area (Å²) in [5, 5.41) is 0. The smallest absolute Gasteiger partial charge is 0.265 e. The topological polar surface area (TPSA) is 36.9 Å². The second kappa shape index (κ2) is 13.0. The third-order valence-corrected chi connectivity index (χ3v) is 5.14. The molecule has 0 aromatic rings. The molecule has 326 valence electrons. The molecule has 0 saturated heterocycles. The molecule has 0 amide bonds. The van der Waals surface area contributed by atoms with Gasteiger partial charge in [0.2, 0.25) is 0 Å². The summed E-state index contributed by atoms with van der Waals surface area (Å²) in [5.74, 6) is -55.3. The monoisotopic (exact) mass is 902 g/mol. The zero-order valence-corrected chi connectivity index (χ0v) is 22.5. The maximum Gasteiger partial charge on any atom is 0.462 e. The van der Waals surface area contributed by atoms with Gasteiger partial charge in [-0.1, -0.05) is 0 Å². The fraction of sp³-hybridized carbons (Fsp3) is 1.00. The van der Waals surface area contributed by atoms with Crippen LogP contribution in [0.25, 0.3) is 0 Å². The molecule has 4 nitrogen and oxygen atoms in total. The number of hydrogen-bond acceptors (Lipinski definition) is 4. The highest BCUT2D eigenvalue weighted by molar-refractivity contribution is 5.04. The molecular weight excluding hydrogens is 902 g/mol. The van der Waals surface area contributed by atoms with Crippen LogP contribution in [0.5, 0.6) is 0 Å². The minimum atomic E-state index is -9.80. The van der Waals surface area contributed by atoms with Crippen LogP contribution in [0.4, 0.5) is 149 Å². The van der Waals surface area contributed by atoms with Crippen LogP contribution in [0.3, 0.4) is 0 Å². The quantitative estimate of drug-likeness (QED) is 0.173. The van der Waals surface area contributed by atoms with Crippen molar-refractivity contribution in [2.75, 3.05) is 0 Å². The Hall–Kier alpha value is -2.54. The van der Waals surface area contributed by atoms with Gasteiger partial charge in [0.1, 0.15) is 0 Å². The molecule has 0 N–H and O–H groups in total. The van der Waals surface area contributed by atoms with Gasteiger partial charge in [0.25, 0.3) is 0 Å². The summed E-state index contributed by atoms with van der Waals surface area (Å²) in [6.07, 6.45) is -89.3. The van der Waals surface area contributed by atoms with E-state index in [2.05, 4.69) is 0 Å². The first kappa shape index (κ1) is 51.5. The summed E-state index contributed by atoms with van der Waals surface area (Å²) >= 11 is 0. The summed E-state index contributed by atoms with van der Waals surface area (Å²) in [4.78, 5) is 0. The first-order valence-electron chi connectivity index (χ1n) is 10.8. The molecule has 0 heterocycles.